The lowest BCUT2D eigenvalue weighted by molar-refractivity contribution is -0.0650. The third-order valence-electron chi connectivity index (χ3n) is 7.10. The van der Waals surface area contributed by atoms with E-state index in [9.17, 15) is 0 Å². The van der Waals surface area contributed by atoms with Gasteiger partial charge in [0.25, 0.3) is 0 Å². The number of rotatable bonds is 1. The summed E-state index contributed by atoms with van der Waals surface area (Å²) in [7, 11) is 4.08. The Morgan fingerprint density at radius 3 is 3.00 bits per heavy atom. The van der Waals surface area contributed by atoms with Gasteiger partial charge in [0.15, 0.2) is 11.5 Å². The highest BCUT2D eigenvalue weighted by atomic mass is 16.5. The van der Waals surface area contributed by atoms with Crippen LogP contribution in [0.25, 0.3) is 0 Å². The first-order valence-electron chi connectivity index (χ1n) is 8.74. The van der Waals surface area contributed by atoms with E-state index in [4.69, 9.17) is 9.47 Å². The third kappa shape index (κ3) is 1.33. The highest BCUT2D eigenvalue weighted by molar-refractivity contribution is 5.61. The van der Waals surface area contributed by atoms with Crippen LogP contribution >= 0.6 is 0 Å². The first-order chi connectivity index (χ1) is 10.7. The molecule has 1 saturated carbocycles. The van der Waals surface area contributed by atoms with E-state index in [1.54, 1.807) is 7.11 Å². The summed E-state index contributed by atoms with van der Waals surface area (Å²) in [6.07, 6.45) is 5.43. The number of ether oxygens (including phenoxy) is 2. The topological polar surface area (TPSA) is 21.7 Å². The summed E-state index contributed by atoms with van der Waals surface area (Å²) in [6.45, 7) is 3.58. The van der Waals surface area contributed by atoms with Gasteiger partial charge >= 0.3 is 0 Å². The van der Waals surface area contributed by atoms with Gasteiger partial charge in [0.1, 0.15) is 6.10 Å². The molecule has 2 fully saturated rings. The first-order valence-corrected chi connectivity index (χ1v) is 8.74. The van der Waals surface area contributed by atoms with Gasteiger partial charge in [-0.2, -0.15) is 0 Å². The van der Waals surface area contributed by atoms with Crippen molar-refractivity contribution < 1.29 is 9.47 Å². The van der Waals surface area contributed by atoms with Crippen LogP contribution in [0.3, 0.4) is 0 Å². The number of likely N-dealkylation sites (tertiary alicyclic amines) is 1. The maximum absolute atomic E-state index is 6.60. The molecule has 4 aliphatic rings. The lowest BCUT2D eigenvalue weighted by Gasteiger charge is -2.58. The van der Waals surface area contributed by atoms with Crippen molar-refractivity contribution in [2.75, 3.05) is 20.7 Å². The Hall–Kier alpha value is -1.22. The molecular weight excluding hydrogens is 274 g/mol. The normalized spacial score (nSPS) is 41.8. The number of methoxy groups -OCH3 is 1. The van der Waals surface area contributed by atoms with Gasteiger partial charge in [-0.3, -0.25) is 0 Å². The van der Waals surface area contributed by atoms with Crippen LogP contribution in [0.5, 0.6) is 11.5 Å². The minimum absolute atomic E-state index is 0.256. The molecule has 2 aliphatic heterocycles. The molecule has 2 aliphatic carbocycles. The van der Waals surface area contributed by atoms with Crippen molar-refractivity contribution in [3.05, 3.63) is 23.3 Å². The molecule has 0 amide bonds. The Morgan fingerprint density at radius 2 is 2.18 bits per heavy atom. The average molecular weight is 299 g/mol. The largest absolute Gasteiger partial charge is 0.493 e. The van der Waals surface area contributed by atoms with Crippen molar-refractivity contribution in [2.24, 2.45) is 11.8 Å². The first kappa shape index (κ1) is 13.2. The molecule has 3 nitrogen and oxygen atoms in total. The molecule has 0 aromatic heterocycles. The molecule has 1 saturated heterocycles. The Labute approximate surface area is 132 Å². The lowest BCUT2D eigenvalue weighted by atomic mass is 9.50. The van der Waals surface area contributed by atoms with Gasteiger partial charge in [0.05, 0.1) is 7.11 Å². The van der Waals surface area contributed by atoms with Crippen LogP contribution in [0.15, 0.2) is 12.1 Å². The van der Waals surface area contributed by atoms with Gasteiger partial charge in [0.2, 0.25) is 0 Å². The Bertz CT molecular complexity index is 643. The molecule has 118 valence electrons. The van der Waals surface area contributed by atoms with E-state index >= 15 is 0 Å². The van der Waals surface area contributed by atoms with Gasteiger partial charge in [-0.05, 0) is 62.7 Å². The SMILES string of the molecule is COc1ccc2c3c1OC1C(C)CCC4C(C2)N(C)CC[C@]341. The molecule has 2 heterocycles. The monoisotopic (exact) mass is 299 g/mol. The van der Waals surface area contributed by atoms with Crippen LogP contribution in [0.4, 0.5) is 0 Å². The van der Waals surface area contributed by atoms with Crippen molar-refractivity contribution in [3.8, 4) is 11.5 Å². The lowest BCUT2D eigenvalue weighted by Crippen LogP contribution is -2.64. The standard InChI is InChI=1S/C19H25NO2/c1-11-4-6-13-14-10-12-5-7-15(21-3)17-16(12)19(13,18(11)22-17)8-9-20(14)2/h5,7,11,13-14,18H,4,6,8-10H2,1-3H3/t11?,13?,14?,18?,19-/m1/s1. The smallest absolute Gasteiger partial charge is 0.165 e. The molecule has 5 rings (SSSR count). The van der Waals surface area contributed by atoms with Gasteiger partial charge < -0.3 is 14.4 Å². The number of nitrogens with zero attached hydrogens (tertiary/aromatic N) is 1. The average Bonchev–Trinajstić information content (AvgIpc) is 2.88. The zero-order valence-corrected chi connectivity index (χ0v) is 13.8. The molecule has 0 radical (unpaired) electrons. The summed E-state index contributed by atoms with van der Waals surface area (Å²) in [5, 5.41) is 0. The second-order valence-electron chi connectivity index (χ2n) is 7.87. The summed E-state index contributed by atoms with van der Waals surface area (Å²) in [5.41, 5.74) is 3.30. The van der Waals surface area contributed by atoms with Crippen molar-refractivity contribution >= 4 is 0 Å². The summed E-state index contributed by atoms with van der Waals surface area (Å²) < 4.78 is 12.2. The predicted octanol–water partition coefficient (Wildman–Crippen LogP) is 3.00. The molecule has 0 N–H and O–H groups in total. The summed E-state index contributed by atoms with van der Waals surface area (Å²) in [5.74, 6) is 3.41. The highest BCUT2D eigenvalue weighted by Crippen LogP contribution is 2.64. The maximum atomic E-state index is 6.60. The third-order valence-corrected chi connectivity index (χ3v) is 7.10. The molecular formula is C19H25NO2. The van der Waals surface area contributed by atoms with E-state index < -0.39 is 0 Å². The molecule has 5 atom stereocenters. The van der Waals surface area contributed by atoms with E-state index in [0.717, 1.165) is 17.4 Å². The Balaban J connectivity index is 1.80. The number of hydrogen-bond acceptors (Lipinski definition) is 3. The molecule has 22 heavy (non-hydrogen) atoms. The van der Waals surface area contributed by atoms with Crippen LogP contribution in [-0.4, -0.2) is 37.7 Å². The maximum Gasteiger partial charge on any atom is 0.165 e. The van der Waals surface area contributed by atoms with Crippen molar-refractivity contribution in [2.45, 2.75) is 50.2 Å². The summed E-state index contributed by atoms with van der Waals surface area (Å²) in [4.78, 5) is 2.61. The van der Waals surface area contributed by atoms with E-state index in [2.05, 4.69) is 31.0 Å². The number of benzene rings is 1. The minimum Gasteiger partial charge on any atom is -0.493 e. The molecule has 4 unspecified atom stereocenters. The summed E-state index contributed by atoms with van der Waals surface area (Å²) >= 11 is 0. The minimum atomic E-state index is 0.256. The highest BCUT2D eigenvalue weighted by Gasteiger charge is 2.64. The zero-order chi connectivity index (χ0) is 15.1. The van der Waals surface area contributed by atoms with Crippen LogP contribution < -0.4 is 9.47 Å². The van der Waals surface area contributed by atoms with Crippen LogP contribution in [0.2, 0.25) is 0 Å². The van der Waals surface area contributed by atoms with Crippen LogP contribution in [0, 0.1) is 11.8 Å². The van der Waals surface area contributed by atoms with Crippen molar-refractivity contribution in [1.82, 2.24) is 4.90 Å². The Kier molecular flexibility index (Phi) is 2.52. The Morgan fingerprint density at radius 1 is 1.32 bits per heavy atom. The molecule has 2 bridgehead atoms. The summed E-state index contributed by atoms with van der Waals surface area (Å²) in [6, 6.07) is 5.11. The number of likely N-dealkylation sites (N-methyl/N-ethyl adjacent to an activating group) is 1. The number of piperidine rings is 1. The molecule has 1 aromatic rings. The fraction of sp³-hybridized carbons (Fsp3) is 0.684. The second kappa shape index (κ2) is 4.19. The predicted molar refractivity (Wildman–Crippen MR) is 85.7 cm³/mol. The van der Waals surface area contributed by atoms with E-state index in [-0.39, 0.29) is 5.41 Å². The second-order valence-corrected chi connectivity index (χ2v) is 7.87. The molecule has 3 heteroatoms. The van der Waals surface area contributed by atoms with Crippen molar-refractivity contribution in [3.63, 3.8) is 0 Å². The van der Waals surface area contributed by atoms with E-state index in [1.165, 1.54) is 43.4 Å². The molecule has 1 spiro atoms. The van der Waals surface area contributed by atoms with Gasteiger partial charge in [-0.15, -0.1) is 0 Å². The quantitative estimate of drug-likeness (QED) is 0.796. The van der Waals surface area contributed by atoms with E-state index in [0.29, 0.717) is 18.1 Å². The van der Waals surface area contributed by atoms with Gasteiger partial charge in [-0.25, -0.2) is 0 Å². The fourth-order valence-electron chi connectivity index (χ4n) is 6.15. The van der Waals surface area contributed by atoms with E-state index in [1.807, 2.05) is 0 Å². The molecule has 1 aromatic carbocycles. The fourth-order valence-corrected chi connectivity index (χ4v) is 6.15. The number of hydrogen-bond donors (Lipinski definition) is 0. The van der Waals surface area contributed by atoms with Crippen molar-refractivity contribution in [1.29, 1.82) is 0 Å². The van der Waals surface area contributed by atoms with Gasteiger partial charge in [0, 0.05) is 17.0 Å². The van der Waals surface area contributed by atoms with Crippen LogP contribution in [0.1, 0.15) is 37.3 Å². The van der Waals surface area contributed by atoms with Crippen LogP contribution in [-0.2, 0) is 11.8 Å². The zero-order valence-electron chi connectivity index (χ0n) is 13.8. The van der Waals surface area contributed by atoms with Gasteiger partial charge in [-0.1, -0.05) is 13.0 Å².